The molecule has 0 aliphatic carbocycles. The first-order valence-electron chi connectivity index (χ1n) is 9.01. The fourth-order valence-corrected chi connectivity index (χ4v) is 2.63. The standard InChI is InChI=1S/C24H22O4/c1-18(24(25)26)14-21-12-13-22(27-16-19-8-4-2-5-9-19)23(15-21)28-17-20-10-6-3-7-11-20/h2-15H,16-17H2,1H3,(H,25,26)/b18-14+. The minimum atomic E-state index is -0.948. The molecule has 1 N–H and O–H groups in total. The van der Waals surface area contributed by atoms with E-state index in [9.17, 15) is 4.79 Å². The molecule has 0 saturated carbocycles. The molecule has 0 aromatic heterocycles. The number of rotatable bonds is 8. The third kappa shape index (κ3) is 5.48. The monoisotopic (exact) mass is 374 g/mol. The van der Waals surface area contributed by atoms with E-state index < -0.39 is 5.97 Å². The predicted molar refractivity (Wildman–Crippen MR) is 109 cm³/mol. The Labute approximate surface area is 164 Å². The smallest absolute Gasteiger partial charge is 0.331 e. The zero-order valence-electron chi connectivity index (χ0n) is 15.7. The molecule has 0 unspecified atom stereocenters. The maximum absolute atomic E-state index is 11.1. The molecular formula is C24H22O4. The highest BCUT2D eigenvalue weighted by atomic mass is 16.5. The predicted octanol–water partition coefficient (Wildman–Crippen LogP) is 5.33. The molecule has 0 saturated heterocycles. The third-order valence-corrected chi connectivity index (χ3v) is 4.16. The summed E-state index contributed by atoms with van der Waals surface area (Å²) in [7, 11) is 0. The summed E-state index contributed by atoms with van der Waals surface area (Å²) in [6.45, 7) is 2.38. The van der Waals surface area contributed by atoms with Gasteiger partial charge < -0.3 is 14.6 Å². The van der Waals surface area contributed by atoms with Gasteiger partial charge in [0.2, 0.25) is 0 Å². The number of carbonyl (C=O) groups is 1. The second kappa shape index (κ2) is 9.42. The normalized spacial score (nSPS) is 11.1. The van der Waals surface area contributed by atoms with Crippen LogP contribution in [-0.2, 0) is 18.0 Å². The molecule has 0 aliphatic heterocycles. The Balaban J connectivity index is 1.82. The minimum absolute atomic E-state index is 0.256. The number of ether oxygens (including phenoxy) is 2. The van der Waals surface area contributed by atoms with Crippen LogP contribution in [0, 0.1) is 0 Å². The van der Waals surface area contributed by atoms with E-state index in [2.05, 4.69) is 0 Å². The first kappa shape index (κ1) is 19.2. The van der Waals surface area contributed by atoms with Crippen molar-refractivity contribution in [3.8, 4) is 11.5 Å². The molecular weight excluding hydrogens is 352 g/mol. The van der Waals surface area contributed by atoms with Gasteiger partial charge in [-0.2, -0.15) is 0 Å². The van der Waals surface area contributed by atoms with Crippen LogP contribution in [0.2, 0.25) is 0 Å². The largest absolute Gasteiger partial charge is 0.485 e. The zero-order chi connectivity index (χ0) is 19.8. The van der Waals surface area contributed by atoms with Crippen LogP contribution in [0.25, 0.3) is 6.08 Å². The highest BCUT2D eigenvalue weighted by molar-refractivity contribution is 5.91. The molecule has 142 valence electrons. The van der Waals surface area contributed by atoms with Crippen molar-refractivity contribution in [2.45, 2.75) is 20.1 Å². The first-order chi connectivity index (χ1) is 13.6. The van der Waals surface area contributed by atoms with Crippen LogP contribution in [0.15, 0.2) is 84.4 Å². The quantitative estimate of drug-likeness (QED) is 0.541. The van der Waals surface area contributed by atoms with E-state index in [0.29, 0.717) is 24.7 Å². The van der Waals surface area contributed by atoms with Crippen LogP contribution >= 0.6 is 0 Å². The molecule has 0 fully saturated rings. The molecule has 4 nitrogen and oxygen atoms in total. The van der Waals surface area contributed by atoms with Crippen molar-refractivity contribution in [2.24, 2.45) is 0 Å². The highest BCUT2D eigenvalue weighted by Gasteiger charge is 2.09. The van der Waals surface area contributed by atoms with E-state index in [0.717, 1.165) is 16.7 Å². The molecule has 0 amide bonds. The molecule has 3 aromatic rings. The summed E-state index contributed by atoms with van der Waals surface area (Å²) in [5.41, 5.74) is 3.10. The van der Waals surface area contributed by atoms with Crippen LogP contribution in [0.5, 0.6) is 11.5 Å². The summed E-state index contributed by atoms with van der Waals surface area (Å²) in [4.78, 5) is 11.1. The van der Waals surface area contributed by atoms with E-state index in [-0.39, 0.29) is 5.57 Å². The van der Waals surface area contributed by atoms with Gasteiger partial charge in [0.05, 0.1) is 0 Å². The SMILES string of the molecule is C/C(=C\c1ccc(OCc2ccccc2)c(OCc2ccccc2)c1)C(=O)O. The van der Waals surface area contributed by atoms with E-state index in [1.807, 2.05) is 72.8 Å². The van der Waals surface area contributed by atoms with Crippen molar-refractivity contribution < 1.29 is 19.4 Å². The summed E-state index contributed by atoms with van der Waals surface area (Å²) >= 11 is 0. The third-order valence-electron chi connectivity index (χ3n) is 4.16. The van der Waals surface area contributed by atoms with Gasteiger partial charge in [-0.25, -0.2) is 4.79 Å². The van der Waals surface area contributed by atoms with Gasteiger partial charge in [-0.05, 0) is 41.8 Å². The molecule has 3 rings (SSSR count). The Morgan fingerprint density at radius 2 is 1.36 bits per heavy atom. The lowest BCUT2D eigenvalue weighted by Gasteiger charge is -2.14. The Kier molecular flexibility index (Phi) is 6.47. The lowest BCUT2D eigenvalue weighted by Crippen LogP contribution is -2.01. The molecule has 4 heteroatoms. The highest BCUT2D eigenvalue weighted by Crippen LogP contribution is 2.31. The summed E-state index contributed by atoms with van der Waals surface area (Å²) in [6, 6.07) is 25.2. The molecule has 3 aromatic carbocycles. The summed E-state index contributed by atoms with van der Waals surface area (Å²) in [5, 5.41) is 9.11. The van der Waals surface area contributed by atoms with Crippen LogP contribution in [0.4, 0.5) is 0 Å². The van der Waals surface area contributed by atoms with Crippen LogP contribution < -0.4 is 9.47 Å². The molecule has 0 bridgehead atoms. The Morgan fingerprint density at radius 1 is 0.821 bits per heavy atom. The van der Waals surface area contributed by atoms with Gasteiger partial charge in [0.25, 0.3) is 0 Å². The van der Waals surface area contributed by atoms with Crippen molar-refractivity contribution in [1.82, 2.24) is 0 Å². The molecule has 28 heavy (non-hydrogen) atoms. The lowest BCUT2D eigenvalue weighted by molar-refractivity contribution is -0.132. The maximum atomic E-state index is 11.1. The van der Waals surface area contributed by atoms with E-state index in [1.165, 1.54) is 0 Å². The van der Waals surface area contributed by atoms with Gasteiger partial charge in [-0.15, -0.1) is 0 Å². The number of benzene rings is 3. The molecule has 0 heterocycles. The topological polar surface area (TPSA) is 55.8 Å². The summed E-state index contributed by atoms with van der Waals surface area (Å²) in [5.74, 6) is 0.243. The first-order valence-corrected chi connectivity index (χ1v) is 9.01. The average Bonchev–Trinajstić information content (AvgIpc) is 2.73. The number of aliphatic carboxylic acids is 1. The van der Waals surface area contributed by atoms with Crippen molar-refractivity contribution in [1.29, 1.82) is 0 Å². The number of hydrogen-bond donors (Lipinski definition) is 1. The maximum Gasteiger partial charge on any atom is 0.331 e. The summed E-state index contributed by atoms with van der Waals surface area (Å²) < 4.78 is 11.9. The van der Waals surface area contributed by atoms with Crippen LogP contribution in [0.1, 0.15) is 23.6 Å². The Hall–Kier alpha value is -3.53. The molecule has 0 spiro atoms. The Bertz CT molecular complexity index is 947. The number of carboxylic acids is 1. The minimum Gasteiger partial charge on any atom is -0.485 e. The van der Waals surface area contributed by atoms with Gasteiger partial charge in [0.1, 0.15) is 13.2 Å². The van der Waals surface area contributed by atoms with Gasteiger partial charge in [0.15, 0.2) is 11.5 Å². The van der Waals surface area contributed by atoms with Crippen molar-refractivity contribution in [3.63, 3.8) is 0 Å². The van der Waals surface area contributed by atoms with Gasteiger partial charge in [-0.3, -0.25) is 0 Å². The van der Waals surface area contributed by atoms with E-state index >= 15 is 0 Å². The van der Waals surface area contributed by atoms with Gasteiger partial charge >= 0.3 is 5.97 Å². The Morgan fingerprint density at radius 3 is 1.89 bits per heavy atom. The second-order valence-corrected chi connectivity index (χ2v) is 6.39. The van der Waals surface area contributed by atoms with Gasteiger partial charge in [-0.1, -0.05) is 66.7 Å². The van der Waals surface area contributed by atoms with Crippen molar-refractivity contribution >= 4 is 12.0 Å². The molecule has 0 atom stereocenters. The second-order valence-electron chi connectivity index (χ2n) is 6.39. The fourth-order valence-electron chi connectivity index (χ4n) is 2.63. The summed E-state index contributed by atoms with van der Waals surface area (Å²) in [6.07, 6.45) is 1.61. The van der Waals surface area contributed by atoms with Crippen LogP contribution in [0.3, 0.4) is 0 Å². The van der Waals surface area contributed by atoms with E-state index in [1.54, 1.807) is 19.1 Å². The molecule has 0 aliphatic rings. The lowest BCUT2D eigenvalue weighted by atomic mass is 10.1. The zero-order valence-corrected chi connectivity index (χ0v) is 15.7. The number of hydrogen-bond acceptors (Lipinski definition) is 3. The van der Waals surface area contributed by atoms with Crippen molar-refractivity contribution in [3.05, 3.63) is 101 Å². The average molecular weight is 374 g/mol. The molecule has 0 radical (unpaired) electrons. The van der Waals surface area contributed by atoms with E-state index in [4.69, 9.17) is 14.6 Å². The van der Waals surface area contributed by atoms with Crippen LogP contribution in [-0.4, -0.2) is 11.1 Å². The van der Waals surface area contributed by atoms with Crippen molar-refractivity contribution in [2.75, 3.05) is 0 Å². The number of carboxylic acid groups (broad SMARTS) is 1. The van der Waals surface area contributed by atoms with Gasteiger partial charge in [0, 0.05) is 5.57 Å². The fraction of sp³-hybridized carbons (Fsp3) is 0.125.